The van der Waals surface area contributed by atoms with E-state index in [0.717, 1.165) is 5.52 Å². The van der Waals surface area contributed by atoms with Gasteiger partial charge in [0.2, 0.25) is 5.91 Å². The third-order valence-corrected chi connectivity index (χ3v) is 3.50. The van der Waals surface area contributed by atoms with Crippen molar-refractivity contribution in [1.29, 1.82) is 0 Å². The summed E-state index contributed by atoms with van der Waals surface area (Å²) < 4.78 is 5.49. The lowest BCUT2D eigenvalue weighted by atomic mass is 10.1. The molecule has 0 bridgehead atoms. The number of nitrogens with zero attached hydrogens (tertiary/aromatic N) is 1. The molecule has 1 aromatic carbocycles. The van der Waals surface area contributed by atoms with Gasteiger partial charge in [0.1, 0.15) is 11.1 Å². The van der Waals surface area contributed by atoms with Crippen molar-refractivity contribution >= 4 is 28.8 Å². The van der Waals surface area contributed by atoms with Crippen LogP contribution in [0, 0.1) is 0 Å². The van der Waals surface area contributed by atoms with Crippen LogP contribution >= 0.6 is 11.8 Å². The van der Waals surface area contributed by atoms with Gasteiger partial charge >= 0.3 is 0 Å². The highest BCUT2D eigenvalue weighted by atomic mass is 32.2. The maximum atomic E-state index is 11.0. The topological polar surface area (TPSA) is 95.1 Å². The molecular formula is C11H13N3O2S. The highest BCUT2D eigenvalue weighted by molar-refractivity contribution is 7.99. The number of benzene rings is 1. The zero-order valence-corrected chi connectivity index (χ0v) is 10.2. The van der Waals surface area contributed by atoms with E-state index in [0.29, 0.717) is 16.6 Å². The molecule has 1 aromatic heterocycles. The van der Waals surface area contributed by atoms with Gasteiger partial charge in [0.25, 0.3) is 5.22 Å². The van der Waals surface area contributed by atoms with Crippen LogP contribution in [0.5, 0.6) is 0 Å². The van der Waals surface area contributed by atoms with Crippen molar-refractivity contribution in [1.82, 2.24) is 4.98 Å². The molecule has 0 aliphatic rings. The van der Waals surface area contributed by atoms with Crippen LogP contribution in [0.1, 0.15) is 6.92 Å². The molecule has 0 radical (unpaired) electrons. The molecule has 90 valence electrons. The fourth-order valence-corrected chi connectivity index (χ4v) is 2.07. The number of hydrogen-bond donors (Lipinski definition) is 2. The fraction of sp³-hybridized carbons (Fsp3) is 0.273. The van der Waals surface area contributed by atoms with Crippen LogP contribution in [-0.2, 0) is 4.79 Å². The van der Waals surface area contributed by atoms with Crippen LogP contribution in [0.25, 0.3) is 11.1 Å². The summed E-state index contributed by atoms with van der Waals surface area (Å²) in [6, 6.07) is 7.45. The lowest BCUT2D eigenvalue weighted by Gasteiger charge is -2.18. The molecule has 6 heteroatoms. The van der Waals surface area contributed by atoms with Crippen LogP contribution in [0.3, 0.4) is 0 Å². The first-order valence-corrected chi connectivity index (χ1v) is 6.05. The highest BCUT2D eigenvalue weighted by Crippen LogP contribution is 2.25. The third kappa shape index (κ3) is 2.59. The first-order chi connectivity index (χ1) is 7.99. The van der Waals surface area contributed by atoms with E-state index in [1.807, 2.05) is 24.3 Å². The zero-order valence-electron chi connectivity index (χ0n) is 9.34. The molecule has 2 rings (SSSR count). The summed E-state index contributed by atoms with van der Waals surface area (Å²) >= 11 is 1.28. The van der Waals surface area contributed by atoms with E-state index in [-0.39, 0.29) is 0 Å². The molecule has 0 spiro atoms. The number of amides is 1. The Balaban J connectivity index is 2.12. The molecule has 1 heterocycles. The number of fused-ring (bicyclic) bond motifs is 1. The molecule has 0 aliphatic carbocycles. The minimum Gasteiger partial charge on any atom is -0.431 e. The molecule has 1 amide bonds. The Bertz CT molecular complexity index is 517. The second kappa shape index (κ2) is 4.38. The molecule has 0 saturated heterocycles. The Morgan fingerprint density at radius 1 is 1.53 bits per heavy atom. The largest absolute Gasteiger partial charge is 0.431 e. The number of hydrogen-bond acceptors (Lipinski definition) is 5. The molecule has 2 aromatic rings. The third-order valence-electron chi connectivity index (χ3n) is 2.33. The highest BCUT2D eigenvalue weighted by Gasteiger charge is 2.26. The van der Waals surface area contributed by atoms with Gasteiger partial charge in [-0.1, -0.05) is 23.9 Å². The van der Waals surface area contributed by atoms with E-state index in [2.05, 4.69) is 4.98 Å². The smallest absolute Gasteiger partial charge is 0.256 e. The maximum Gasteiger partial charge on any atom is 0.256 e. The summed E-state index contributed by atoms with van der Waals surface area (Å²) in [7, 11) is 0. The van der Waals surface area contributed by atoms with Crippen molar-refractivity contribution in [3.63, 3.8) is 0 Å². The fourth-order valence-electron chi connectivity index (χ4n) is 1.20. The lowest BCUT2D eigenvalue weighted by molar-refractivity contribution is -0.121. The van der Waals surface area contributed by atoms with Gasteiger partial charge in [-0.2, -0.15) is 0 Å². The first kappa shape index (κ1) is 11.9. The summed E-state index contributed by atoms with van der Waals surface area (Å²) in [6.45, 7) is 1.59. The monoisotopic (exact) mass is 251 g/mol. The number of aromatic nitrogens is 1. The van der Waals surface area contributed by atoms with Crippen LogP contribution in [-0.4, -0.2) is 22.2 Å². The number of para-hydroxylation sites is 2. The summed E-state index contributed by atoms with van der Waals surface area (Å²) in [5.41, 5.74) is 11.4. The standard InChI is InChI=1S/C11H13N3O2S/c1-11(13,9(12)15)6-17-10-14-7-4-2-3-5-8(7)16-10/h2-5H,6,13H2,1H3,(H2,12,15). The van der Waals surface area contributed by atoms with E-state index in [4.69, 9.17) is 15.9 Å². The Labute approximate surface area is 103 Å². The molecule has 0 saturated carbocycles. The predicted octanol–water partition coefficient (Wildman–Crippen LogP) is 1.12. The summed E-state index contributed by atoms with van der Waals surface area (Å²) in [6.07, 6.45) is 0. The van der Waals surface area contributed by atoms with Gasteiger partial charge < -0.3 is 15.9 Å². The van der Waals surface area contributed by atoms with Crippen LogP contribution in [0.4, 0.5) is 0 Å². The van der Waals surface area contributed by atoms with E-state index in [1.54, 1.807) is 6.92 Å². The second-order valence-electron chi connectivity index (χ2n) is 4.02. The molecule has 17 heavy (non-hydrogen) atoms. The van der Waals surface area contributed by atoms with Crippen molar-refractivity contribution in [2.75, 3.05) is 5.75 Å². The number of carbonyl (C=O) groups is 1. The average molecular weight is 251 g/mol. The van der Waals surface area contributed by atoms with Crippen molar-refractivity contribution in [2.45, 2.75) is 17.7 Å². The SMILES string of the molecule is CC(N)(CSc1nc2ccccc2o1)C(N)=O. The summed E-state index contributed by atoms with van der Waals surface area (Å²) in [5, 5.41) is 0.490. The normalized spacial score (nSPS) is 14.7. The van der Waals surface area contributed by atoms with Gasteiger partial charge in [-0.25, -0.2) is 4.98 Å². The number of rotatable bonds is 4. The van der Waals surface area contributed by atoms with Gasteiger partial charge in [-0.05, 0) is 19.1 Å². The number of nitrogens with two attached hydrogens (primary N) is 2. The maximum absolute atomic E-state index is 11.0. The Morgan fingerprint density at radius 3 is 2.88 bits per heavy atom. The van der Waals surface area contributed by atoms with Gasteiger partial charge in [0.05, 0.1) is 0 Å². The summed E-state index contributed by atoms with van der Waals surface area (Å²) in [5.74, 6) is -0.212. The van der Waals surface area contributed by atoms with E-state index in [1.165, 1.54) is 11.8 Å². The van der Waals surface area contributed by atoms with Gasteiger partial charge in [-0.15, -0.1) is 0 Å². The molecule has 1 atom stereocenters. The Hall–Kier alpha value is -1.53. The van der Waals surface area contributed by atoms with E-state index < -0.39 is 11.4 Å². The van der Waals surface area contributed by atoms with E-state index >= 15 is 0 Å². The predicted molar refractivity (Wildman–Crippen MR) is 66.5 cm³/mol. The Morgan fingerprint density at radius 2 is 2.24 bits per heavy atom. The molecule has 0 fully saturated rings. The van der Waals surface area contributed by atoms with Crippen LogP contribution in [0.2, 0.25) is 0 Å². The number of carbonyl (C=O) groups excluding carboxylic acids is 1. The van der Waals surface area contributed by atoms with E-state index in [9.17, 15) is 4.79 Å². The molecule has 1 unspecified atom stereocenters. The van der Waals surface area contributed by atoms with Gasteiger partial charge in [0.15, 0.2) is 5.58 Å². The van der Waals surface area contributed by atoms with Crippen LogP contribution in [0.15, 0.2) is 33.9 Å². The first-order valence-electron chi connectivity index (χ1n) is 5.06. The van der Waals surface area contributed by atoms with Gasteiger partial charge in [-0.3, -0.25) is 4.79 Å². The number of thioether (sulfide) groups is 1. The molecular weight excluding hydrogens is 238 g/mol. The van der Waals surface area contributed by atoms with Crippen molar-refractivity contribution in [3.05, 3.63) is 24.3 Å². The molecule has 5 nitrogen and oxygen atoms in total. The van der Waals surface area contributed by atoms with Gasteiger partial charge in [0, 0.05) is 5.75 Å². The zero-order chi connectivity index (χ0) is 12.5. The quantitative estimate of drug-likeness (QED) is 0.794. The number of oxazole rings is 1. The van der Waals surface area contributed by atoms with Crippen molar-refractivity contribution < 1.29 is 9.21 Å². The molecule has 4 N–H and O–H groups in total. The average Bonchev–Trinajstić information content (AvgIpc) is 2.69. The number of primary amides is 1. The second-order valence-corrected chi connectivity index (χ2v) is 4.94. The van der Waals surface area contributed by atoms with Crippen molar-refractivity contribution in [3.8, 4) is 0 Å². The van der Waals surface area contributed by atoms with Crippen LogP contribution < -0.4 is 11.5 Å². The summed E-state index contributed by atoms with van der Waals surface area (Å²) in [4.78, 5) is 15.3. The minimum atomic E-state index is -1.06. The molecule has 0 aliphatic heterocycles. The van der Waals surface area contributed by atoms with Crippen molar-refractivity contribution in [2.24, 2.45) is 11.5 Å². The lowest BCUT2D eigenvalue weighted by Crippen LogP contribution is -2.51. The minimum absolute atomic E-state index is 0.329. The Kier molecular flexibility index (Phi) is 3.08.